The molecule has 44 heavy (non-hydrogen) atoms. The van der Waals surface area contributed by atoms with Crippen LogP contribution in [0.5, 0.6) is 11.8 Å². The van der Waals surface area contributed by atoms with Crippen molar-refractivity contribution in [2.24, 2.45) is 0 Å². The predicted octanol–water partition coefficient (Wildman–Crippen LogP) is 4.54. The Balaban J connectivity index is 1.32. The van der Waals surface area contributed by atoms with Crippen molar-refractivity contribution in [1.82, 2.24) is 19.8 Å². The van der Waals surface area contributed by atoms with E-state index in [-0.39, 0.29) is 30.0 Å². The number of aromatic nitrogens is 2. The van der Waals surface area contributed by atoms with Crippen LogP contribution in [0.3, 0.4) is 0 Å². The highest BCUT2D eigenvalue weighted by Crippen LogP contribution is 2.40. The van der Waals surface area contributed by atoms with Gasteiger partial charge in [-0.25, -0.2) is 4.39 Å². The number of carbonyl (C=O) groups is 1. The average molecular weight is 599 g/mol. The topological polar surface area (TPSA) is 106 Å². The highest BCUT2D eigenvalue weighted by Gasteiger charge is 2.34. The molecule has 0 saturated carbocycles. The van der Waals surface area contributed by atoms with Gasteiger partial charge < -0.3 is 24.5 Å². The summed E-state index contributed by atoms with van der Waals surface area (Å²) < 4.78 is 19.0. The summed E-state index contributed by atoms with van der Waals surface area (Å²) in [5.74, 6) is 0.950. The molecule has 2 saturated heterocycles. The number of halogens is 1. The van der Waals surface area contributed by atoms with E-state index in [0.29, 0.717) is 44.7 Å². The standard InChI is InChI=1S/C34H39FN6O3/c1-39-15-5-7-26(39)22-44-34-37-31-19-24(30-20-27(42)18-23-6-2-3-8-28(23)30)10-11-29(31)33(38-34)40-16-17-41(25(21-40)12-14-36)32(43)9-4-13-35/h2-4,6,8-9,18,20,24-26,42H,5,7,10-13,15-17,19,21-22H2,1H3/b9-4+/t24-,25-,26+/m1/s1. The summed E-state index contributed by atoms with van der Waals surface area (Å²) in [6.45, 7) is 2.23. The summed E-state index contributed by atoms with van der Waals surface area (Å²) >= 11 is 0. The number of allylic oxidation sites excluding steroid dienone is 1. The van der Waals surface area contributed by atoms with E-state index in [2.05, 4.69) is 29.0 Å². The van der Waals surface area contributed by atoms with Gasteiger partial charge in [-0.15, -0.1) is 0 Å². The van der Waals surface area contributed by atoms with Gasteiger partial charge in [-0.05, 0) is 86.2 Å². The van der Waals surface area contributed by atoms with Crippen LogP contribution in [0.1, 0.15) is 48.4 Å². The van der Waals surface area contributed by atoms with Gasteiger partial charge in [0.25, 0.3) is 0 Å². The number of rotatable bonds is 8. The molecule has 1 aliphatic carbocycles. The number of fused-ring (bicyclic) bond motifs is 2. The minimum Gasteiger partial charge on any atom is -0.508 e. The first-order valence-corrected chi connectivity index (χ1v) is 15.5. The molecule has 2 fully saturated rings. The van der Waals surface area contributed by atoms with Gasteiger partial charge in [0.15, 0.2) is 0 Å². The number of benzene rings is 2. The summed E-state index contributed by atoms with van der Waals surface area (Å²) in [6, 6.07) is 14.4. The third kappa shape index (κ3) is 6.20. The Morgan fingerprint density at radius 3 is 2.84 bits per heavy atom. The molecule has 0 bridgehead atoms. The van der Waals surface area contributed by atoms with Gasteiger partial charge in [0.2, 0.25) is 5.91 Å². The zero-order valence-electron chi connectivity index (χ0n) is 25.2. The second kappa shape index (κ2) is 13.2. The molecule has 3 heterocycles. The normalized spacial score (nSPS) is 22.3. The van der Waals surface area contributed by atoms with Crippen LogP contribution in [0, 0.1) is 11.3 Å². The molecular formula is C34H39FN6O3. The monoisotopic (exact) mass is 598 g/mol. The van der Waals surface area contributed by atoms with Crippen LogP contribution >= 0.6 is 0 Å². The number of amides is 1. The number of likely N-dealkylation sites (tertiary alicyclic amines) is 1. The van der Waals surface area contributed by atoms with E-state index in [4.69, 9.17) is 14.7 Å². The molecule has 9 nitrogen and oxygen atoms in total. The summed E-state index contributed by atoms with van der Waals surface area (Å²) in [5, 5.41) is 22.2. The molecule has 3 atom stereocenters. The summed E-state index contributed by atoms with van der Waals surface area (Å²) in [7, 11) is 2.11. The van der Waals surface area contributed by atoms with E-state index in [9.17, 15) is 19.6 Å². The lowest BCUT2D eigenvalue weighted by Gasteiger charge is -2.42. The van der Waals surface area contributed by atoms with Crippen molar-refractivity contribution in [3.8, 4) is 17.8 Å². The minimum atomic E-state index is -0.708. The first kappa shape index (κ1) is 29.8. The van der Waals surface area contributed by atoms with E-state index >= 15 is 0 Å². The molecule has 230 valence electrons. The number of alkyl halides is 1. The molecule has 0 spiro atoms. The zero-order chi connectivity index (χ0) is 30.6. The second-order valence-electron chi connectivity index (χ2n) is 12.1. The maximum Gasteiger partial charge on any atom is 0.318 e. The molecule has 3 aromatic rings. The van der Waals surface area contributed by atoms with Gasteiger partial charge in [0.1, 0.15) is 24.8 Å². The number of phenolic OH excluding ortho intramolecular Hbond substituents is 1. The maximum atomic E-state index is 12.8. The number of carbonyl (C=O) groups excluding carboxylic acids is 1. The van der Waals surface area contributed by atoms with Crippen molar-refractivity contribution in [3.63, 3.8) is 0 Å². The lowest BCUT2D eigenvalue weighted by atomic mass is 9.80. The number of aromatic hydroxyl groups is 1. The average Bonchev–Trinajstić information content (AvgIpc) is 3.45. The molecule has 1 aromatic heterocycles. The Kier molecular flexibility index (Phi) is 8.94. The molecule has 2 aromatic carbocycles. The second-order valence-corrected chi connectivity index (χ2v) is 12.1. The molecule has 1 amide bonds. The summed E-state index contributed by atoms with van der Waals surface area (Å²) in [5.41, 5.74) is 3.13. The minimum absolute atomic E-state index is 0.166. The molecule has 10 heteroatoms. The van der Waals surface area contributed by atoms with Crippen molar-refractivity contribution in [2.45, 2.75) is 56.5 Å². The predicted molar refractivity (Wildman–Crippen MR) is 167 cm³/mol. The molecular weight excluding hydrogens is 559 g/mol. The van der Waals surface area contributed by atoms with Crippen LogP contribution in [0.2, 0.25) is 0 Å². The zero-order valence-corrected chi connectivity index (χ0v) is 25.2. The number of likely N-dealkylation sites (N-methyl/N-ethyl adjacent to an activating group) is 1. The number of phenols is 1. The molecule has 2 aliphatic heterocycles. The van der Waals surface area contributed by atoms with Crippen molar-refractivity contribution in [1.29, 1.82) is 5.26 Å². The fourth-order valence-electron chi connectivity index (χ4n) is 7.05. The molecule has 0 radical (unpaired) electrons. The lowest BCUT2D eigenvalue weighted by Crippen LogP contribution is -2.55. The van der Waals surface area contributed by atoms with Crippen LogP contribution in [0.15, 0.2) is 48.6 Å². The number of nitriles is 1. The van der Waals surface area contributed by atoms with Crippen LogP contribution in [0.4, 0.5) is 10.2 Å². The van der Waals surface area contributed by atoms with E-state index in [1.165, 1.54) is 12.2 Å². The number of hydrogen-bond donors (Lipinski definition) is 1. The first-order chi connectivity index (χ1) is 21.4. The van der Waals surface area contributed by atoms with Crippen LogP contribution in [0.25, 0.3) is 10.8 Å². The van der Waals surface area contributed by atoms with Crippen molar-refractivity contribution in [2.75, 3.05) is 51.4 Å². The van der Waals surface area contributed by atoms with Gasteiger partial charge in [0, 0.05) is 37.3 Å². The fraction of sp³-hybridized carbons (Fsp3) is 0.471. The molecule has 3 aliphatic rings. The van der Waals surface area contributed by atoms with Crippen molar-refractivity contribution >= 4 is 22.5 Å². The van der Waals surface area contributed by atoms with E-state index < -0.39 is 6.67 Å². The third-order valence-electron chi connectivity index (χ3n) is 9.37. The number of piperazine rings is 1. The van der Waals surface area contributed by atoms with Crippen LogP contribution in [-0.2, 0) is 17.6 Å². The SMILES string of the molecule is CN1CCC[C@H]1COc1nc2c(c(N3CCN(C(=O)/C=C/CF)[C@H](CC#N)C3)n1)CC[C@@H](c1cc(O)cc3ccccc13)C2. The number of nitrogens with zero attached hydrogens (tertiary/aromatic N) is 6. The first-order valence-electron chi connectivity index (χ1n) is 15.5. The van der Waals surface area contributed by atoms with Gasteiger partial charge in [0.05, 0.1) is 24.2 Å². The summed E-state index contributed by atoms with van der Waals surface area (Å²) in [4.78, 5) is 28.8. The van der Waals surface area contributed by atoms with Gasteiger partial charge in [-0.1, -0.05) is 24.3 Å². The van der Waals surface area contributed by atoms with Gasteiger partial charge in [-0.3, -0.25) is 4.79 Å². The van der Waals surface area contributed by atoms with Crippen molar-refractivity contribution in [3.05, 3.63) is 65.4 Å². The highest BCUT2D eigenvalue weighted by molar-refractivity contribution is 5.88. The number of hydrogen-bond acceptors (Lipinski definition) is 8. The Morgan fingerprint density at radius 1 is 1.18 bits per heavy atom. The molecule has 1 N–H and O–H groups in total. The van der Waals surface area contributed by atoms with Gasteiger partial charge in [-0.2, -0.15) is 15.2 Å². The van der Waals surface area contributed by atoms with Crippen LogP contribution < -0.4 is 9.64 Å². The molecule has 6 rings (SSSR count). The van der Waals surface area contributed by atoms with Crippen LogP contribution in [-0.4, -0.2) is 89.4 Å². The van der Waals surface area contributed by atoms with Crippen molar-refractivity contribution < 1.29 is 19.0 Å². The highest BCUT2D eigenvalue weighted by atomic mass is 19.1. The Labute approximate surface area is 257 Å². The Hall–Kier alpha value is -4.23. The van der Waals surface area contributed by atoms with Gasteiger partial charge >= 0.3 is 6.01 Å². The molecule has 0 unspecified atom stereocenters. The number of ether oxygens (including phenoxy) is 1. The van der Waals surface area contributed by atoms with E-state index in [0.717, 1.165) is 65.6 Å². The Bertz CT molecular complexity index is 1590. The third-order valence-corrected chi connectivity index (χ3v) is 9.37. The van der Waals surface area contributed by atoms with E-state index in [1.807, 2.05) is 24.3 Å². The lowest BCUT2D eigenvalue weighted by molar-refractivity contribution is -0.128. The largest absolute Gasteiger partial charge is 0.508 e. The number of anilines is 1. The fourth-order valence-corrected chi connectivity index (χ4v) is 7.05. The summed E-state index contributed by atoms with van der Waals surface area (Å²) in [6.07, 6.45) is 7.16. The quantitative estimate of drug-likeness (QED) is 0.377. The van der Waals surface area contributed by atoms with E-state index in [1.54, 1.807) is 11.0 Å². The smallest absolute Gasteiger partial charge is 0.318 e. The Morgan fingerprint density at radius 2 is 2.05 bits per heavy atom. The maximum absolute atomic E-state index is 12.8.